The maximum Gasteiger partial charge on any atom is 0.273 e. The van der Waals surface area contributed by atoms with E-state index in [4.69, 9.17) is 4.42 Å². The lowest BCUT2D eigenvalue weighted by atomic mass is 9.90. The lowest BCUT2D eigenvalue weighted by Gasteiger charge is -2.26. The van der Waals surface area contributed by atoms with Gasteiger partial charge in [-0.25, -0.2) is 9.97 Å². The van der Waals surface area contributed by atoms with Gasteiger partial charge >= 0.3 is 0 Å². The predicted molar refractivity (Wildman–Crippen MR) is 162 cm³/mol. The molecule has 0 spiro atoms. The smallest absolute Gasteiger partial charge is 0.273 e. The lowest BCUT2D eigenvalue weighted by Crippen LogP contribution is -2.45. The van der Waals surface area contributed by atoms with Gasteiger partial charge in [-0.3, -0.25) is 19.2 Å². The molecule has 43 heavy (non-hydrogen) atoms. The van der Waals surface area contributed by atoms with Crippen LogP contribution in [0.5, 0.6) is 0 Å². The lowest BCUT2D eigenvalue weighted by molar-refractivity contribution is -0.136. The molecule has 12 heteroatoms. The zero-order chi connectivity index (χ0) is 31.1. The molecule has 3 N–H and O–H groups in total. The third-order valence-electron chi connectivity index (χ3n) is 7.09. The Bertz CT molecular complexity index is 1430. The van der Waals surface area contributed by atoms with Crippen LogP contribution in [0, 0.1) is 11.3 Å². The summed E-state index contributed by atoms with van der Waals surface area (Å²) in [6.07, 6.45) is 2.55. The van der Waals surface area contributed by atoms with E-state index < -0.39 is 23.9 Å². The molecule has 230 valence electrons. The zero-order valence-corrected chi connectivity index (χ0v) is 26.1. The molecule has 4 amide bonds. The van der Waals surface area contributed by atoms with E-state index in [0.29, 0.717) is 17.8 Å². The zero-order valence-electron chi connectivity index (χ0n) is 25.3. The first kappa shape index (κ1) is 31.9. The van der Waals surface area contributed by atoms with Gasteiger partial charge in [-0.05, 0) is 23.3 Å². The van der Waals surface area contributed by atoms with Crippen molar-refractivity contribution in [3.63, 3.8) is 0 Å². The van der Waals surface area contributed by atoms with Gasteiger partial charge in [0.25, 0.3) is 11.8 Å². The van der Waals surface area contributed by atoms with Crippen LogP contribution in [0.4, 0.5) is 0 Å². The Morgan fingerprint density at radius 1 is 1.07 bits per heavy atom. The quantitative estimate of drug-likeness (QED) is 0.396. The molecule has 0 saturated carbocycles. The van der Waals surface area contributed by atoms with Crippen LogP contribution in [-0.4, -0.2) is 58.1 Å². The topological polar surface area (TPSA) is 147 Å². The Balaban J connectivity index is 1.64. The normalized spacial score (nSPS) is 18.8. The number of amides is 4. The molecule has 0 radical (unpaired) electrons. The number of hydrogen-bond donors (Lipinski definition) is 3. The van der Waals surface area contributed by atoms with Crippen molar-refractivity contribution in [1.29, 1.82) is 0 Å². The molecule has 3 heterocycles. The number of carbonyl (C=O) groups excluding carboxylic acids is 4. The maximum absolute atomic E-state index is 13.4. The van der Waals surface area contributed by atoms with Crippen LogP contribution in [0.3, 0.4) is 0 Å². The number of oxazole rings is 1. The fourth-order valence-corrected chi connectivity index (χ4v) is 5.62. The Kier molecular flexibility index (Phi) is 10.3. The standard InChI is InChI=1S/C31H40N6O5S/c1-19(2)26-30-35-23(18-43-30)28(41)33-21(15-20-9-7-6-8-10-20)29-34-22(17-42-29)27(40)32-13-14-37(16-24(38)36-26)25(39)11-12-31(3,4)5/h6-10,17-19,21,26H,11-16H2,1-5H3,(H,32,40)(H,33,41)(H,36,38)/t21-,26-/m0/s1. The SMILES string of the molecule is CC(C)[C@@H]1NC(=O)CN(C(=O)CCC(C)(C)C)CCNC(=O)c2coc(n2)[C@H](Cc2ccccc2)NC(=O)c2csc1n2. The minimum absolute atomic E-state index is 0.0301. The van der Waals surface area contributed by atoms with E-state index in [2.05, 4.69) is 46.7 Å². The number of nitrogens with zero attached hydrogens (tertiary/aromatic N) is 3. The third-order valence-corrected chi connectivity index (χ3v) is 8.02. The summed E-state index contributed by atoms with van der Waals surface area (Å²) in [5, 5.41) is 11.0. The molecular weight excluding hydrogens is 568 g/mol. The summed E-state index contributed by atoms with van der Waals surface area (Å²) in [5.41, 5.74) is 1.13. The highest BCUT2D eigenvalue weighted by atomic mass is 32.1. The average molecular weight is 609 g/mol. The van der Waals surface area contributed by atoms with E-state index in [1.165, 1.54) is 22.5 Å². The van der Waals surface area contributed by atoms with Gasteiger partial charge in [-0.2, -0.15) is 0 Å². The van der Waals surface area contributed by atoms with Crippen molar-refractivity contribution in [2.75, 3.05) is 19.6 Å². The van der Waals surface area contributed by atoms with Crippen molar-refractivity contribution in [2.45, 2.75) is 66.0 Å². The molecule has 2 aromatic heterocycles. The van der Waals surface area contributed by atoms with E-state index >= 15 is 0 Å². The Morgan fingerprint density at radius 3 is 2.51 bits per heavy atom. The largest absolute Gasteiger partial charge is 0.446 e. The highest BCUT2D eigenvalue weighted by molar-refractivity contribution is 7.09. The highest BCUT2D eigenvalue weighted by Crippen LogP contribution is 2.26. The second kappa shape index (κ2) is 13.9. The first-order valence-electron chi connectivity index (χ1n) is 14.5. The summed E-state index contributed by atoms with van der Waals surface area (Å²) in [6.45, 7) is 10.2. The fourth-order valence-electron chi connectivity index (χ4n) is 4.60. The second-order valence-corrected chi connectivity index (χ2v) is 13.2. The van der Waals surface area contributed by atoms with Crippen molar-refractivity contribution in [3.05, 3.63) is 69.8 Å². The van der Waals surface area contributed by atoms with E-state index in [9.17, 15) is 19.2 Å². The van der Waals surface area contributed by atoms with Gasteiger partial charge in [0, 0.05) is 31.3 Å². The number of carbonyl (C=O) groups is 4. The Labute approximate surface area is 255 Å². The van der Waals surface area contributed by atoms with E-state index in [0.717, 1.165) is 5.56 Å². The molecule has 4 rings (SSSR count). The first-order valence-corrected chi connectivity index (χ1v) is 15.4. The molecule has 1 aliphatic heterocycles. The van der Waals surface area contributed by atoms with Gasteiger partial charge in [0.15, 0.2) is 5.69 Å². The summed E-state index contributed by atoms with van der Waals surface area (Å²) in [5.74, 6) is -1.28. The number of aromatic nitrogens is 2. The summed E-state index contributed by atoms with van der Waals surface area (Å²) >= 11 is 1.28. The van der Waals surface area contributed by atoms with Crippen molar-refractivity contribution in [2.24, 2.45) is 11.3 Å². The van der Waals surface area contributed by atoms with Crippen LogP contribution in [0.2, 0.25) is 0 Å². The number of benzene rings is 1. The molecule has 3 aromatic rings. The highest BCUT2D eigenvalue weighted by Gasteiger charge is 2.28. The molecule has 0 fully saturated rings. The first-order chi connectivity index (χ1) is 20.4. The van der Waals surface area contributed by atoms with Crippen molar-refractivity contribution < 1.29 is 23.6 Å². The molecular formula is C31H40N6O5S. The number of hydrogen-bond acceptors (Lipinski definition) is 8. The summed E-state index contributed by atoms with van der Waals surface area (Å²) in [6, 6.07) is 8.43. The number of nitrogens with one attached hydrogen (secondary N) is 3. The van der Waals surface area contributed by atoms with E-state index in [1.54, 1.807) is 5.38 Å². The van der Waals surface area contributed by atoms with Crippen LogP contribution in [0.25, 0.3) is 0 Å². The minimum Gasteiger partial charge on any atom is -0.446 e. The van der Waals surface area contributed by atoms with Crippen molar-refractivity contribution in [3.8, 4) is 0 Å². The third kappa shape index (κ3) is 8.96. The minimum atomic E-state index is -0.669. The molecule has 0 unspecified atom stereocenters. The van der Waals surface area contributed by atoms with Crippen LogP contribution in [0.15, 0.2) is 46.4 Å². The summed E-state index contributed by atoms with van der Waals surface area (Å²) in [7, 11) is 0. The Hall–Kier alpha value is -4.06. The summed E-state index contributed by atoms with van der Waals surface area (Å²) in [4.78, 5) is 63.2. The van der Waals surface area contributed by atoms with Gasteiger partial charge in [0.2, 0.25) is 17.7 Å². The van der Waals surface area contributed by atoms with Gasteiger partial charge in [0.1, 0.15) is 23.0 Å². The fraction of sp³-hybridized carbons (Fsp3) is 0.484. The van der Waals surface area contributed by atoms with Gasteiger partial charge in [0.05, 0.1) is 12.6 Å². The molecule has 2 atom stereocenters. The monoisotopic (exact) mass is 608 g/mol. The van der Waals surface area contributed by atoms with Crippen LogP contribution in [-0.2, 0) is 16.0 Å². The number of rotatable bonds is 5. The van der Waals surface area contributed by atoms with Crippen LogP contribution >= 0.6 is 11.3 Å². The number of fused-ring (bicyclic) bond motifs is 4. The van der Waals surface area contributed by atoms with Crippen LogP contribution < -0.4 is 16.0 Å². The molecule has 0 aliphatic carbocycles. The van der Waals surface area contributed by atoms with Gasteiger partial charge < -0.3 is 25.3 Å². The van der Waals surface area contributed by atoms with Crippen LogP contribution in [0.1, 0.15) is 97.0 Å². The molecule has 1 aromatic carbocycles. The van der Waals surface area contributed by atoms with E-state index in [-0.39, 0.29) is 66.5 Å². The number of thiazole rings is 1. The average Bonchev–Trinajstić information content (AvgIpc) is 3.64. The van der Waals surface area contributed by atoms with Gasteiger partial charge in [-0.1, -0.05) is 65.0 Å². The Morgan fingerprint density at radius 2 is 1.81 bits per heavy atom. The maximum atomic E-state index is 13.4. The molecule has 1 aliphatic rings. The molecule has 0 saturated heterocycles. The molecule has 4 bridgehead atoms. The van der Waals surface area contributed by atoms with Gasteiger partial charge in [-0.15, -0.1) is 11.3 Å². The van der Waals surface area contributed by atoms with E-state index in [1.807, 2.05) is 44.2 Å². The summed E-state index contributed by atoms with van der Waals surface area (Å²) < 4.78 is 5.68. The van der Waals surface area contributed by atoms with Crippen molar-refractivity contribution >= 4 is 35.0 Å². The predicted octanol–water partition coefficient (Wildman–Crippen LogP) is 4.06. The second-order valence-electron chi connectivity index (χ2n) is 12.3. The molecule has 11 nitrogen and oxygen atoms in total. The van der Waals surface area contributed by atoms with Crippen molar-refractivity contribution in [1.82, 2.24) is 30.8 Å².